The highest BCUT2D eigenvalue weighted by atomic mass is 16.1. The lowest BCUT2D eigenvalue weighted by atomic mass is 9.84. The molecule has 4 nitrogen and oxygen atoms in total. The molecule has 3 rings (SSSR count). The maximum Gasteiger partial charge on any atom is 0.220 e. The van der Waals surface area contributed by atoms with Crippen LogP contribution in [-0.2, 0) is 4.79 Å². The van der Waals surface area contributed by atoms with Crippen LogP contribution in [0.4, 0.5) is 0 Å². The van der Waals surface area contributed by atoms with E-state index in [1.165, 1.54) is 39.0 Å². The van der Waals surface area contributed by atoms with Crippen molar-refractivity contribution in [2.24, 2.45) is 5.92 Å². The van der Waals surface area contributed by atoms with E-state index in [0.29, 0.717) is 12.0 Å². The zero-order valence-corrected chi connectivity index (χ0v) is 10.5. The Hall–Kier alpha value is -0.610. The number of rotatable bonds is 1. The van der Waals surface area contributed by atoms with Crippen LogP contribution in [0.2, 0.25) is 0 Å². The molecular formula is C13H23N3O. The molecule has 3 aliphatic rings. The molecule has 2 atom stereocenters. The third kappa shape index (κ3) is 2.47. The molecule has 2 N–H and O–H groups in total. The molecule has 0 aliphatic carbocycles. The van der Waals surface area contributed by atoms with Crippen LogP contribution in [0.3, 0.4) is 0 Å². The van der Waals surface area contributed by atoms with Crippen molar-refractivity contribution in [2.45, 2.75) is 44.2 Å². The first-order valence-corrected chi connectivity index (χ1v) is 7.07. The van der Waals surface area contributed by atoms with Gasteiger partial charge in [0.2, 0.25) is 5.91 Å². The summed E-state index contributed by atoms with van der Waals surface area (Å²) in [4.78, 5) is 14.0. The summed E-state index contributed by atoms with van der Waals surface area (Å²) in [6, 6.07) is 1.25. The van der Waals surface area contributed by atoms with E-state index in [-0.39, 0.29) is 5.91 Å². The fraction of sp³-hybridized carbons (Fsp3) is 0.923. The van der Waals surface area contributed by atoms with Crippen LogP contribution in [0.1, 0.15) is 32.1 Å². The highest BCUT2D eigenvalue weighted by molar-refractivity contribution is 5.77. The third-order valence-corrected chi connectivity index (χ3v) is 4.68. The van der Waals surface area contributed by atoms with Gasteiger partial charge in [0, 0.05) is 31.6 Å². The van der Waals surface area contributed by atoms with Crippen molar-refractivity contribution in [3.05, 3.63) is 0 Å². The number of hydrogen-bond donors (Lipinski definition) is 2. The Bertz CT molecular complexity index is 288. The number of piperidine rings is 3. The highest BCUT2D eigenvalue weighted by Crippen LogP contribution is 2.28. The standard InChI is InChI=1S/C13H23N3O/c17-13-2-1-10-9-16(8-5-12(10)15-13)11-3-6-14-7-4-11/h10-12,14H,1-9H2,(H,15,17). The molecule has 3 fully saturated rings. The highest BCUT2D eigenvalue weighted by Gasteiger charge is 2.35. The van der Waals surface area contributed by atoms with E-state index in [1.807, 2.05) is 0 Å². The molecule has 0 aromatic rings. The number of likely N-dealkylation sites (tertiary alicyclic amines) is 1. The van der Waals surface area contributed by atoms with Gasteiger partial charge in [0.15, 0.2) is 0 Å². The number of hydrogen-bond acceptors (Lipinski definition) is 3. The fourth-order valence-electron chi connectivity index (χ4n) is 3.64. The molecule has 3 saturated heterocycles. The number of carbonyl (C=O) groups excluding carboxylic acids is 1. The van der Waals surface area contributed by atoms with Crippen LogP contribution in [0.25, 0.3) is 0 Å². The summed E-state index contributed by atoms with van der Waals surface area (Å²) in [5.74, 6) is 0.970. The lowest BCUT2D eigenvalue weighted by Gasteiger charge is -2.45. The molecule has 3 heterocycles. The van der Waals surface area contributed by atoms with Gasteiger partial charge in [-0.2, -0.15) is 0 Å². The summed E-state index contributed by atoms with van der Waals surface area (Å²) in [6.07, 6.45) is 5.58. The molecule has 2 unspecified atom stereocenters. The van der Waals surface area contributed by atoms with Crippen molar-refractivity contribution in [1.29, 1.82) is 0 Å². The molecular weight excluding hydrogens is 214 g/mol. The molecule has 0 saturated carbocycles. The summed E-state index contributed by atoms with van der Waals surface area (Å²) >= 11 is 0. The number of nitrogens with zero attached hydrogens (tertiary/aromatic N) is 1. The van der Waals surface area contributed by atoms with Crippen molar-refractivity contribution >= 4 is 5.91 Å². The van der Waals surface area contributed by atoms with E-state index in [4.69, 9.17) is 0 Å². The first-order valence-electron chi connectivity index (χ1n) is 7.07. The lowest BCUT2D eigenvalue weighted by Crippen LogP contribution is -2.57. The van der Waals surface area contributed by atoms with E-state index in [9.17, 15) is 4.79 Å². The average molecular weight is 237 g/mol. The average Bonchev–Trinajstić information content (AvgIpc) is 2.39. The molecule has 4 heteroatoms. The molecule has 0 radical (unpaired) electrons. The Kier molecular flexibility index (Phi) is 3.34. The smallest absolute Gasteiger partial charge is 0.220 e. The monoisotopic (exact) mass is 237 g/mol. The van der Waals surface area contributed by atoms with Crippen LogP contribution >= 0.6 is 0 Å². The predicted molar refractivity (Wildman–Crippen MR) is 66.7 cm³/mol. The van der Waals surface area contributed by atoms with Gasteiger partial charge in [-0.25, -0.2) is 0 Å². The molecule has 0 bridgehead atoms. The third-order valence-electron chi connectivity index (χ3n) is 4.68. The van der Waals surface area contributed by atoms with Gasteiger partial charge in [0.25, 0.3) is 0 Å². The first-order chi connectivity index (χ1) is 8.33. The maximum atomic E-state index is 11.4. The summed E-state index contributed by atoms with van der Waals surface area (Å²) in [5.41, 5.74) is 0. The van der Waals surface area contributed by atoms with Gasteiger partial charge >= 0.3 is 0 Å². The topological polar surface area (TPSA) is 44.4 Å². The van der Waals surface area contributed by atoms with E-state index < -0.39 is 0 Å². The summed E-state index contributed by atoms with van der Waals surface area (Å²) < 4.78 is 0. The van der Waals surface area contributed by atoms with Crippen molar-refractivity contribution in [3.63, 3.8) is 0 Å². The summed E-state index contributed by atoms with van der Waals surface area (Å²) in [6.45, 7) is 4.72. The second kappa shape index (κ2) is 4.94. The predicted octanol–water partition coefficient (Wildman–Crippen LogP) is 0.339. The van der Waals surface area contributed by atoms with E-state index in [1.54, 1.807) is 0 Å². The van der Waals surface area contributed by atoms with Crippen LogP contribution in [0.5, 0.6) is 0 Å². The van der Waals surface area contributed by atoms with Gasteiger partial charge in [-0.05, 0) is 44.7 Å². The quantitative estimate of drug-likeness (QED) is 0.691. The first kappa shape index (κ1) is 11.5. The Balaban J connectivity index is 1.58. The van der Waals surface area contributed by atoms with Crippen LogP contribution < -0.4 is 10.6 Å². The van der Waals surface area contributed by atoms with Gasteiger partial charge in [-0.3, -0.25) is 9.69 Å². The van der Waals surface area contributed by atoms with E-state index in [0.717, 1.165) is 25.3 Å². The van der Waals surface area contributed by atoms with Crippen LogP contribution in [0.15, 0.2) is 0 Å². The van der Waals surface area contributed by atoms with Gasteiger partial charge < -0.3 is 10.6 Å². The zero-order valence-electron chi connectivity index (χ0n) is 10.5. The Morgan fingerprint density at radius 3 is 2.76 bits per heavy atom. The second-order valence-electron chi connectivity index (χ2n) is 5.74. The minimum Gasteiger partial charge on any atom is -0.353 e. The van der Waals surface area contributed by atoms with Gasteiger partial charge in [-0.1, -0.05) is 0 Å². The molecule has 0 spiro atoms. The van der Waals surface area contributed by atoms with Crippen LogP contribution in [-0.4, -0.2) is 49.1 Å². The molecule has 96 valence electrons. The fourth-order valence-corrected chi connectivity index (χ4v) is 3.64. The molecule has 3 aliphatic heterocycles. The number of carbonyl (C=O) groups is 1. The second-order valence-corrected chi connectivity index (χ2v) is 5.74. The SMILES string of the molecule is O=C1CCC2CN(C3CCNCC3)CCC2N1. The van der Waals surface area contributed by atoms with Crippen molar-refractivity contribution in [3.8, 4) is 0 Å². The number of amides is 1. The minimum atomic E-state index is 0.265. The van der Waals surface area contributed by atoms with Crippen molar-refractivity contribution < 1.29 is 4.79 Å². The Morgan fingerprint density at radius 2 is 1.94 bits per heavy atom. The normalized spacial score (nSPS) is 36.4. The lowest BCUT2D eigenvalue weighted by molar-refractivity contribution is -0.125. The van der Waals surface area contributed by atoms with Gasteiger partial charge in [0.05, 0.1) is 0 Å². The summed E-state index contributed by atoms with van der Waals surface area (Å²) in [5, 5.41) is 6.60. The van der Waals surface area contributed by atoms with Gasteiger partial charge in [0.1, 0.15) is 0 Å². The molecule has 17 heavy (non-hydrogen) atoms. The maximum absolute atomic E-state index is 11.4. The van der Waals surface area contributed by atoms with E-state index >= 15 is 0 Å². The summed E-state index contributed by atoms with van der Waals surface area (Å²) in [7, 11) is 0. The van der Waals surface area contributed by atoms with Crippen LogP contribution in [0, 0.1) is 5.92 Å². The van der Waals surface area contributed by atoms with E-state index in [2.05, 4.69) is 15.5 Å². The van der Waals surface area contributed by atoms with Gasteiger partial charge in [-0.15, -0.1) is 0 Å². The van der Waals surface area contributed by atoms with Crippen molar-refractivity contribution in [1.82, 2.24) is 15.5 Å². The number of nitrogens with one attached hydrogen (secondary N) is 2. The minimum absolute atomic E-state index is 0.265. The molecule has 0 aromatic heterocycles. The number of fused-ring (bicyclic) bond motifs is 1. The van der Waals surface area contributed by atoms with Crippen molar-refractivity contribution in [2.75, 3.05) is 26.2 Å². The Labute approximate surface area is 103 Å². The Morgan fingerprint density at radius 1 is 1.12 bits per heavy atom. The molecule has 0 aromatic carbocycles. The zero-order chi connectivity index (χ0) is 11.7. The largest absolute Gasteiger partial charge is 0.353 e. The molecule has 1 amide bonds.